The van der Waals surface area contributed by atoms with Crippen LogP contribution in [0.2, 0.25) is 0 Å². The highest BCUT2D eigenvalue weighted by atomic mass is 19.4. The van der Waals surface area contributed by atoms with Crippen LogP contribution in [-0.2, 0) is 4.79 Å². The van der Waals surface area contributed by atoms with E-state index in [9.17, 15) is 18.0 Å². The van der Waals surface area contributed by atoms with Crippen LogP contribution in [0.3, 0.4) is 0 Å². The Morgan fingerprint density at radius 2 is 1.90 bits per heavy atom. The van der Waals surface area contributed by atoms with Gasteiger partial charge in [0.25, 0.3) is 0 Å². The van der Waals surface area contributed by atoms with Gasteiger partial charge in [-0.25, -0.2) is 0 Å². The first-order valence-electron chi connectivity index (χ1n) is 6.41. The zero-order valence-corrected chi connectivity index (χ0v) is 11.4. The van der Waals surface area contributed by atoms with Crippen molar-refractivity contribution in [1.29, 1.82) is 0 Å². The van der Waals surface area contributed by atoms with E-state index in [-0.39, 0.29) is 24.9 Å². The summed E-state index contributed by atoms with van der Waals surface area (Å²) in [6.45, 7) is -0.317. The van der Waals surface area contributed by atoms with E-state index in [0.29, 0.717) is 6.42 Å². The molecule has 0 saturated carbocycles. The van der Waals surface area contributed by atoms with Crippen LogP contribution >= 0.6 is 0 Å². The number of amides is 1. The summed E-state index contributed by atoms with van der Waals surface area (Å²) in [4.78, 5) is 12.8. The van der Waals surface area contributed by atoms with Gasteiger partial charge in [0.1, 0.15) is 0 Å². The first-order valence-corrected chi connectivity index (χ1v) is 6.41. The minimum Gasteiger partial charge on any atom is -0.345 e. The molecule has 1 unspecified atom stereocenters. The molecule has 0 bridgehead atoms. The van der Waals surface area contributed by atoms with Crippen LogP contribution in [0.4, 0.5) is 13.2 Å². The topological polar surface area (TPSA) is 46.3 Å². The molecule has 0 heterocycles. The maximum Gasteiger partial charge on any atom is 0.390 e. The van der Waals surface area contributed by atoms with E-state index in [4.69, 9.17) is 5.73 Å². The van der Waals surface area contributed by atoms with Crippen molar-refractivity contribution in [2.45, 2.75) is 31.5 Å². The molecular weight excluding hydrogens is 269 g/mol. The molecule has 0 saturated heterocycles. The average molecular weight is 288 g/mol. The Labute approximate surface area is 116 Å². The molecule has 20 heavy (non-hydrogen) atoms. The van der Waals surface area contributed by atoms with E-state index in [2.05, 4.69) is 0 Å². The molecule has 0 aromatic heterocycles. The van der Waals surface area contributed by atoms with Crippen LogP contribution in [0.25, 0.3) is 0 Å². The summed E-state index contributed by atoms with van der Waals surface area (Å²) >= 11 is 0. The normalized spacial score (nSPS) is 13.1. The highest BCUT2D eigenvalue weighted by molar-refractivity contribution is 5.75. The van der Waals surface area contributed by atoms with Crippen molar-refractivity contribution in [3.8, 4) is 0 Å². The van der Waals surface area contributed by atoms with Gasteiger partial charge < -0.3 is 10.6 Å². The minimum absolute atomic E-state index is 0.143. The maximum absolute atomic E-state index is 12.1. The van der Waals surface area contributed by atoms with Crippen molar-refractivity contribution in [3.63, 3.8) is 0 Å². The number of alkyl halides is 3. The molecule has 2 N–H and O–H groups in total. The molecule has 1 rings (SSSR count). The lowest BCUT2D eigenvalue weighted by Gasteiger charge is -2.19. The number of hydrogen-bond acceptors (Lipinski definition) is 2. The second-order valence-corrected chi connectivity index (χ2v) is 4.74. The van der Waals surface area contributed by atoms with Crippen LogP contribution in [0.15, 0.2) is 30.3 Å². The third-order valence-electron chi connectivity index (χ3n) is 3.05. The number of rotatable bonds is 6. The molecule has 1 aromatic rings. The number of hydrogen-bond donors (Lipinski definition) is 1. The molecule has 0 radical (unpaired) electrons. The molecule has 6 heteroatoms. The standard InChI is InChI=1S/C14H19F3N2O/c1-19(10-9-14(15,16)17)13(20)8-7-12(18)11-5-3-2-4-6-11/h2-6,12H,7-10,18H2,1H3. The molecule has 3 nitrogen and oxygen atoms in total. The van der Waals surface area contributed by atoms with Crippen molar-refractivity contribution in [2.24, 2.45) is 5.73 Å². The van der Waals surface area contributed by atoms with E-state index >= 15 is 0 Å². The van der Waals surface area contributed by atoms with E-state index in [1.807, 2.05) is 30.3 Å². The molecule has 0 aliphatic rings. The SMILES string of the molecule is CN(CCC(F)(F)F)C(=O)CCC(N)c1ccccc1. The van der Waals surface area contributed by atoms with Gasteiger partial charge in [0.05, 0.1) is 6.42 Å². The quantitative estimate of drug-likeness (QED) is 0.875. The third kappa shape index (κ3) is 6.06. The van der Waals surface area contributed by atoms with Gasteiger partial charge in [0.2, 0.25) is 5.91 Å². The fourth-order valence-corrected chi connectivity index (χ4v) is 1.76. The summed E-state index contributed by atoms with van der Waals surface area (Å²) in [5.41, 5.74) is 6.85. The van der Waals surface area contributed by atoms with E-state index in [1.54, 1.807) is 0 Å². The lowest BCUT2D eigenvalue weighted by Crippen LogP contribution is -2.31. The van der Waals surface area contributed by atoms with Gasteiger partial charge in [-0.15, -0.1) is 0 Å². The van der Waals surface area contributed by atoms with Crippen LogP contribution in [0.1, 0.15) is 30.9 Å². The molecule has 0 spiro atoms. The summed E-state index contributed by atoms with van der Waals surface area (Å²) < 4.78 is 36.2. The molecule has 0 fully saturated rings. The van der Waals surface area contributed by atoms with E-state index < -0.39 is 12.6 Å². The van der Waals surface area contributed by atoms with Crippen LogP contribution in [-0.4, -0.2) is 30.6 Å². The minimum atomic E-state index is -4.24. The largest absolute Gasteiger partial charge is 0.390 e. The number of nitrogens with two attached hydrogens (primary N) is 1. The van der Waals surface area contributed by atoms with Crippen molar-refractivity contribution in [2.75, 3.05) is 13.6 Å². The van der Waals surface area contributed by atoms with E-state index in [0.717, 1.165) is 10.5 Å². The second-order valence-electron chi connectivity index (χ2n) is 4.74. The molecular formula is C14H19F3N2O. The second kappa shape index (κ2) is 7.28. The third-order valence-corrected chi connectivity index (χ3v) is 3.05. The van der Waals surface area contributed by atoms with Gasteiger partial charge in [0, 0.05) is 26.1 Å². The Hall–Kier alpha value is -1.56. The van der Waals surface area contributed by atoms with Crippen molar-refractivity contribution in [3.05, 3.63) is 35.9 Å². The summed E-state index contributed by atoms with van der Waals surface area (Å²) in [6, 6.07) is 9.02. The average Bonchev–Trinajstić information content (AvgIpc) is 2.41. The van der Waals surface area contributed by atoms with Crippen molar-refractivity contribution < 1.29 is 18.0 Å². The fourth-order valence-electron chi connectivity index (χ4n) is 1.76. The van der Waals surface area contributed by atoms with Crippen molar-refractivity contribution >= 4 is 5.91 Å². The van der Waals surface area contributed by atoms with Gasteiger partial charge >= 0.3 is 6.18 Å². The van der Waals surface area contributed by atoms with Gasteiger partial charge in [0.15, 0.2) is 0 Å². The summed E-state index contributed by atoms with van der Waals surface area (Å²) in [7, 11) is 1.38. The first kappa shape index (κ1) is 16.5. The Balaban J connectivity index is 2.35. The molecule has 1 atom stereocenters. The smallest absolute Gasteiger partial charge is 0.345 e. The number of carbonyl (C=O) groups excluding carboxylic acids is 1. The molecule has 1 aromatic carbocycles. The zero-order chi connectivity index (χ0) is 15.2. The zero-order valence-electron chi connectivity index (χ0n) is 11.4. The number of nitrogens with zero attached hydrogens (tertiary/aromatic N) is 1. The Kier molecular flexibility index (Phi) is 6.01. The highest BCUT2D eigenvalue weighted by Crippen LogP contribution is 2.20. The van der Waals surface area contributed by atoms with Gasteiger partial charge in [-0.3, -0.25) is 4.79 Å². The first-order chi connectivity index (χ1) is 9.29. The predicted octanol–water partition coefficient (Wildman–Crippen LogP) is 2.88. The molecule has 1 amide bonds. The molecule has 112 valence electrons. The highest BCUT2D eigenvalue weighted by Gasteiger charge is 2.28. The Morgan fingerprint density at radius 1 is 1.30 bits per heavy atom. The lowest BCUT2D eigenvalue weighted by atomic mass is 10.0. The van der Waals surface area contributed by atoms with E-state index in [1.165, 1.54) is 7.05 Å². The van der Waals surface area contributed by atoms with Gasteiger partial charge in [-0.1, -0.05) is 30.3 Å². The van der Waals surface area contributed by atoms with Crippen molar-refractivity contribution in [1.82, 2.24) is 4.90 Å². The number of halogens is 3. The predicted molar refractivity (Wildman–Crippen MR) is 70.9 cm³/mol. The van der Waals surface area contributed by atoms with Gasteiger partial charge in [-0.05, 0) is 12.0 Å². The Bertz CT molecular complexity index is 420. The summed E-state index contributed by atoms with van der Waals surface area (Å²) in [6.07, 6.45) is -4.67. The number of benzene rings is 1. The van der Waals surface area contributed by atoms with Crippen LogP contribution < -0.4 is 5.73 Å². The molecule has 0 aliphatic heterocycles. The number of carbonyl (C=O) groups is 1. The molecule has 0 aliphatic carbocycles. The monoisotopic (exact) mass is 288 g/mol. The van der Waals surface area contributed by atoms with Crippen LogP contribution in [0, 0.1) is 0 Å². The van der Waals surface area contributed by atoms with Gasteiger partial charge in [-0.2, -0.15) is 13.2 Å². The van der Waals surface area contributed by atoms with Crippen LogP contribution in [0.5, 0.6) is 0 Å². The Morgan fingerprint density at radius 3 is 2.45 bits per heavy atom. The summed E-state index contributed by atoms with van der Waals surface area (Å²) in [5, 5.41) is 0. The fraction of sp³-hybridized carbons (Fsp3) is 0.500. The maximum atomic E-state index is 12.1. The summed E-state index contributed by atoms with van der Waals surface area (Å²) in [5.74, 6) is -0.319. The lowest BCUT2D eigenvalue weighted by molar-refractivity contribution is -0.144.